The van der Waals surface area contributed by atoms with Crippen LogP contribution in [-0.4, -0.2) is 5.91 Å². The number of carbonyl (C=O) groups excluding carboxylic acids is 1. The highest BCUT2D eigenvalue weighted by molar-refractivity contribution is 5.90. The van der Waals surface area contributed by atoms with E-state index in [4.69, 9.17) is 0 Å². The summed E-state index contributed by atoms with van der Waals surface area (Å²) in [5.74, 6) is -2.25. The highest BCUT2D eigenvalue weighted by Gasteiger charge is 2.08. The molecule has 1 N–H and O–H groups in total. The summed E-state index contributed by atoms with van der Waals surface area (Å²) in [6.07, 6.45) is 0.539. The minimum Gasteiger partial charge on any atom is -0.324 e. The molecule has 0 heterocycles. The summed E-state index contributed by atoms with van der Waals surface area (Å²) in [5, 5.41) is 2.36. The van der Waals surface area contributed by atoms with Gasteiger partial charge in [-0.1, -0.05) is 12.1 Å². The molecule has 0 radical (unpaired) electrons. The number of nitrogens with one attached hydrogen (secondary N) is 1. The lowest BCUT2D eigenvalue weighted by molar-refractivity contribution is -0.116. The Morgan fingerprint density at radius 2 is 1.60 bits per heavy atom. The molecule has 0 spiro atoms. The van der Waals surface area contributed by atoms with E-state index in [-0.39, 0.29) is 23.8 Å². The Hall–Kier alpha value is -2.30. The smallest absolute Gasteiger partial charge is 0.224 e. The van der Waals surface area contributed by atoms with Crippen LogP contribution in [0.4, 0.5) is 18.9 Å². The average Bonchev–Trinajstić information content (AvgIpc) is 2.41. The molecule has 0 saturated heterocycles. The predicted octanol–water partition coefficient (Wildman–Crippen LogP) is 3.68. The van der Waals surface area contributed by atoms with Crippen molar-refractivity contribution < 1.29 is 18.0 Å². The molecule has 2 aromatic carbocycles. The molecular formula is C15H12F3NO. The highest BCUT2D eigenvalue weighted by Crippen LogP contribution is 2.15. The molecule has 0 aliphatic heterocycles. The van der Waals surface area contributed by atoms with E-state index in [0.717, 1.165) is 11.6 Å². The molecule has 5 heteroatoms. The summed E-state index contributed by atoms with van der Waals surface area (Å²) in [5.41, 5.74) is 0.747. The van der Waals surface area contributed by atoms with Crippen LogP contribution in [0.1, 0.15) is 12.0 Å². The summed E-state index contributed by atoms with van der Waals surface area (Å²) in [6, 6.07) is 8.73. The van der Waals surface area contributed by atoms with Crippen LogP contribution in [0.2, 0.25) is 0 Å². The number of hydrogen-bond acceptors (Lipinski definition) is 1. The van der Waals surface area contributed by atoms with E-state index < -0.39 is 11.6 Å². The number of benzene rings is 2. The summed E-state index contributed by atoms with van der Waals surface area (Å²) >= 11 is 0. The van der Waals surface area contributed by atoms with Gasteiger partial charge in [-0.15, -0.1) is 0 Å². The van der Waals surface area contributed by atoms with Crippen molar-refractivity contribution in [3.63, 3.8) is 0 Å². The fourth-order valence-corrected chi connectivity index (χ4v) is 1.71. The van der Waals surface area contributed by atoms with Gasteiger partial charge in [-0.25, -0.2) is 13.2 Å². The van der Waals surface area contributed by atoms with Crippen LogP contribution in [0, 0.1) is 17.5 Å². The molecule has 0 bridgehead atoms. The molecule has 20 heavy (non-hydrogen) atoms. The number of carbonyl (C=O) groups is 1. The molecule has 2 aromatic rings. The monoisotopic (exact) mass is 279 g/mol. The number of hydrogen-bond donors (Lipinski definition) is 1. The standard InChI is InChI=1S/C15H12F3NO/c16-11-4-1-10(2-5-11)3-8-15(20)19-14-7-6-12(17)9-13(14)18/h1-2,4-7,9H,3,8H2,(H,19,20). The van der Waals surface area contributed by atoms with Crippen molar-refractivity contribution in [2.24, 2.45) is 0 Å². The lowest BCUT2D eigenvalue weighted by atomic mass is 10.1. The topological polar surface area (TPSA) is 29.1 Å². The lowest BCUT2D eigenvalue weighted by Crippen LogP contribution is -2.13. The van der Waals surface area contributed by atoms with Gasteiger partial charge in [0.2, 0.25) is 5.91 Å². The first-order valence-electron chi connectivity index (χ1n) is 6.04. The van der Waals surface area contributed by atoms with Crippen LogP contribution < -0.4 is 5.32 Å². The van der Waals surface area contributed by atoms with Gasteiger partial charge in [0.05, 0.1) is 5.69 Å². The number of aryl methyl sites for hydroxylation is 1. The van der Waals surface area contributed by atoms with Gasteiger partial charge in [-0.05, 0) is 36.2 Å². The summed E-state index contributed by atoms with van der Waals surface area (Å²) in [7, 11) is 0. The Balaban J connectivity index is 1.90. The van der Waals surface area contributed by atoms with Crippen molar-refractivity contribution in [3.8, 4) is 0 Å². The zero-order valence-corrected chi connectivity index (χ0v) is 10.5. The van der Waals surface area contributed by atoms with Gasteiger partial charge in [-0.3, -0.25) is 4.79 Å². The van der Waals surface area contributed by atoms with Gasteiger partial charge < -0.3 is 5.32 Å². The van der Waals surface area contributed by atoms with Crippen LogP contribution in [-0.2, 0) is 11.2 Å². The van der Waals surface area contributed by atoms with Crippen molar-refractivity contribution in [1.29, 1.82) is 0 Å². The first kappa shape index (κ1) is 14.1. The SMILES string of the molecule is O=C(CCc1ccc(F)cc1)Nc1ccc(F)cc1F. The first-order chi connectivity index (χ1) is 9.54. The normalized spacial score (nSPS) is 10.3. The van der Waals surface area contributed by atoms with Gasteiger partial charge >= 0.3 is 0 Å². The number of rotatable bonds is 4. The molecule has 0 saturated carbocycles. The molecule has 2 rings (SSSR count). The van der Waals surface area contributed by atoms with Crippen molar-refractivity contribution in [3.05, 3.63) is 65.5 Å². The second kappa shape index (κ2) is 6.23. The Bertz CT molecular complexity index is 611. The summed E-state index contributed by atoms with van der Waals surface area (Å²) in [4.78, 5) is 11.6. The molecule has 0 aliphatic carbocycles. The average molecular weight is 279 g/mol. The van der Waals surface area contributed by atoms with Gasteiger partial charge in [-0.2, -0.15) is 0 Å². The number of amides is 1. The van der Waals surface area contributed by atoms with Crippen LogP contribution in [0.5, 0.6) is 0 Å². The van der Waals surface area contributed by atoms with Crippen molar-refractivity contribution in [1.82, 2.24) is 0 Å². The number of halogens is 3. The minimum atomic E-state index is -0.819. The summed E-state index contributed by atoms with van der Waals surface area (Å²) < 4.78 is 38.7. The maximum atomic E-state index is 13.3. The lowest BCUT2D eigenvalue weighted by Gasteiger charge is -2.06. The van der Waals surface area contributed by atoms with Crippen molar-refractivity contribution >= 4 is 11.6 Å². The third-order valence-electron chi connectivity index (χ3n) is 2.76. The second-order valence-electron chi connectivity index (χ2n) is 4.30. The maximum absolute atomic E-state index is 13.3. The van der Waals surface area contributed by atoms with E-state index in [1.165, 1.54) is 18.2 Å². The minimum absolute atomic E-state index is 0.0597. The molecule has 2 nitrogen and oxygen atoms in total. The Labute approximate surface area is 114 Å². The molecular weight excluding hydrogens is 267 g/mol. The fourth-order valence-electron chi connectivity index (χ4n) is 1.71. The second-order valence-corrected chi connectivity index (χ2v) is 4.30. The highest BCUT2D eigenvalue weighted by atomic mass is 19.1. The van der Waals surface area contributed by atoms with Crippen molar-refractivity contribution in [2.45, 2.75) is 12.8 Å². The van der Waals surface area contributed by atoms with Crippen molar-refractivity contribution in [2.75, 3.05) is 5.32 Å². The zero-order chi connectivity index (χ0) is 14.5. The van der Waals surface area contributed by atoms with Crippen LogP contribution in [0.3, 0.4) is 0 Å². The summed E-state index contributed by atoms with van der Waals surface area (Å²) in [6.45, 7) is 0. The largest absolute Gasteiger partial charge is 0.324 e. The van der Waals surface area contributed by atoms with Crippen LogP contribution in [0.25, 0.3) is 0 Å². The fraction of sp³-hybridized carbons (Fsp3) is 0.133. The predicted molar refractivity (Wildman–Crippen MR) is 69.7 cm³/mol. The Kier molecular flexibility index (Phi) is 4.40. The molecule has 0 atom stereocenters. The third-order valence-corrected chi connectivity index (χ3v) is 2.76. The van der Waals surface area contributed by atoms with E-state index in [0.29, 0.717) is 12.5 Å². The Morgan fingerprint density at radius 1 is 0.950 bits per heavy atom. The molecule has 0 unspecified atom stereocenters. The van der Waals surface area contributed by atoms with E-state index in [9.17, 15) is 18.0 Å². The number of anilines is 1. The molecule has 1 amide bonds. The molecule has 0 aliphatic rings. The van der Waals surface area contributed by atoms with Gasteiger partial charge in [0.1, 0.15) is 17.5 Å². The van der Waals surface area contributed by atoms with Gasteiger partial charge in [0.15, 0.2) is 0 Å². The first-order valence-corrected chi connectivity index (χ1v) is 6.04. The van der Waals surface area contributed by atoms with Gasteiger partial charge in [0, 0.05) is 12.5 Å². The van der Waals surface area contributed by atoms with E-state index in [1.54, 1.807) is 12.1 Å². The third kappa shape index (κ3) is 3.85. The van der Waals surface area contributed by atoms with E-state index in [2.05, 4.69) is 5.32 Å². The quantitative estimate of drug-likeness (QED) is 0.909. The molecule has 104 valence electrons. The Morgan fingerprint density at radius 3 is 2.25 bits per heavy atom. The van der Waals surface area contributed by atoms with E-state index in [1.807, 2.05) is 0 Å². The van der Waals surface area contributed by atoms with Crippen LogP contribution in [0.15, 0.2) is 42.5 Å². The maximum Gasteiger partial charge on any atom is 0.224 e. The molecule has 0 aromatic heterocycles. The molecule has 0 fully saturated rings. The van der Waals surface area contributed by atoms with E-state index >= 15 is 0 Å². The van der Waals surface area contributed by atoms with Crippen LogP contribution >= 0.6 is 0 Å². The zero-order valence-electron chi connectivity index (χ0n) is 10.5. The van der Waals surface area contributed by atoms with Gasteiger partial charge in [0.25, 0.3) is 0 Å².